The average molecular weight is 375 g/mol. The Morgan fingerprint density at radius 1 is 1.08 bits per heavy atom. The predicted octanol–water partition coefficient (Wildman–Crippen LogP) is 4.39. The standard InChI is InChI=1S/C21H27ClN2O2/c22-17-3-1-4-18(10-17)24-19(25)5-2-6-23-20(26)21-11-14-7-15(12-21)9-16(8-14)13-21/h1,3-4,10,14-16H,2,5-9,11-13H2,(H,23,26)(H,24,25). The molecular weight excluding hydrogens is 348 g/mol. The van der Waals surface area contributed by atoms with Gasteiger partial charge in [-0.05, 0) is 80.9 Å². The first-order chi connectivity index (χ1) is 12.5. The van der Waals surface area contributed by atoms with Gasteiger partial charge in [-0.25, -0.2) is 0 Å². The zero-order valence-electron chi connectivity index (χ0n) is 15.1. The number of amides is 2. The van der Waals surface area contributed by atoms with Gasteiger partial charge in [-0.1, -0.05) is 17.7 Å². The lowest BCUT2D eigenvalue weighted by molar-refractivity contribution is -0.146. The highest BCUT2D eigenvalue weighted by Crippen LogP contribution is 2.60. The van der Waals surface area contributed by atoms with Gasteiger partial charge in [0.05, 0.1) is 0 Å². The number of anilines is 1. The van der Waals surface area contributed by atoms with E-state index in [2.05, 4.69) is 10.6 Å². The van der Waals surface area contributed by atoms with Crippen LogP contribution in [0.3, 0.4) is 0 Å². The number of benzene rings is 1. The fourth-order valence-corrected chi connectivity index (χ4v) is 6.01. The number of halogens is 1. The number of hydrogen-bond acceptors (Lipinski definition) is 2. The van der Waals surface area contributed by atoms with Crippen LogP contribution in [0.15, 0.2) is 24.3 Å². The largest absolute Gasteiger partial charge is 0.356 e. The monoisotopic (exact) mass is 374 g/mol. The molecule has 0 saturated heterocycles. The first-order valence-corrected chi connectivity index (χ1v) is 10.2. The van der Waals surface area contributed by atoms with E-state index < -0.39 is 0 Å². The molecule has 0 aliphatic heterocycles. The molecule has 0 radical (unpaired) electrons. The van der Waals surface area contributed by atoms with Crippen molar-refractivity contribution in [2.75, 3.05) is 11.9 Å². The molecule has 0 aromatic heterocycles. The zero-order chi connectivity index (χ0) is 18.1. The van der Waals surface area contributed by atoms with Crippen molar-refractivity contribution in [1.82, 2.24) is 5.32 Å². The van der Waals surface area contributed by atoms with E-state index in [1.54, 1.807) is 12.1 Å². The predicted molar refractivity (Wildman–Crippen MR) is 103 cm³/mol. The molecule has 2 amide bonds. The Balaban J connectivity index is 1.21. The maximum absolute atomic E-state index is 12.8. The van der Waals surface area contributed by atoms with Crippen molar-refractivity contribution in [2.24, 2.45) is 23.2 Å². The maximum atomic E-state index is 12.8. The summed E-state index contributed by atoms with van der Waals surface area (Å²) in [7, 11) is 0. The summed E-state index contributed by atoms with van der Waals surface area (Å²) in [6.07, 6.45) is 8.33. The summed E-state index contributed by atoms with van der Waals surface area (Å²) in [6, 6.07) is 7.13. The number of carbonyl (C=O) groups is 2. The number of nitrogens with one attached hydrogen (secondary N) is 2. The van der Waals surface area contributed by atoms with Crippen LogP contribution < -0.4 is 10.6 Å². The van der Waals surface area contributed by atoms with E-state index in [0.717, 1.165) is 37.0 Å². The Morgan fingerprint density at radius 2 is 1.73 bits per heavy atom. The fraction of sp³-hybridized carbons (Fsp3) is 0.619. The average Bonchev–Trinajstić information content (AvgIpc) is 2.57. The SMILES string of the molecule is O=C(CCCNC(=O)C12CC3CC(CC(C3)C1)C2)Nc1cccc(Cl)c1. The fourth-order valence-electron chi connectivity index (χ4n) is 5.82. The minimum absolute atomic E-state index is 0.0451. The second-order valence-corrected chi connectivity index (χ2v) is 9.05. The summed E-state index contributed by atoms with van der Waals surface area (Å²) in [5.74, 6) is 2.52. The van der Waals surface area contributed by atoms with Gasteiger partial charge in [0, 0.05) is 29.1 Å². The van der Waals surface area contributed by atoms with Crippen molar-refractivity contribution >= 4 is 29.1 Å². The lowest BCUT2D eigenvalue weighted by Crippen LogP contribution is -2.53. The normalized spacial score (nSPS) is 31.7. The molecule has 0 heterocycles. The van der Waals surface area contributed by atoms with Gasteiger partial charge in [-0.2, -0.15) is 0 Å². The van der Waals surface area contributed by atoms with Gasteiger partial charge >= 0.3 is 0 Å². The minimum Gasteiger partial charge on any atom is -0.356 e. The molecule has 0 unspecified atom stereocenters. The molecule has 5 rings (SSSR count). The number of hydrogen-bond donors (Lipinski definition) is 2. The molecule has 26 heavy (non-hydrogen) atoms. The first kappa shape index (κ1) is 17.8. The van der Waals surface area contributed by atoms with E-state index in [9.17, 15) is 9.59 Å². The molecule has 4 bridgehead atoms. The summed E-state index contributed by atoms with van der Waals surface area (Å²) >= 11 is 5.92. The number of rotatable bonds is 6. The van der Waals surface area contributed by atoms with Gasteiger partial charge in [0.25, 0.3) is 0 Å². The third-order valence-electron chi connectivity index (χ3n) is 6.49. The van der Waals surface area contributed by atoms with Crippen molar-refractivity contribution in [3.63, 3.8) is 0 Å². The molecule has 1 aromatic carbocycles. The minimum atomic E-state index is -0.0994. The van der Waals surface area contributed by atoms with E-state index in [1.807, 2.05) is 12.1 Å². The molecule has 140 valence electrons. The van der Waals surface area contributed by atoms with Crippen LogP contribution in [0.5, 0.6) is 0 Å². The summed E-state index contributed by atoms with van der Waals surface area (Å²) in [5.41, 5.74) is 0.609. The highest BCUT2D eigenvalue weighted by molar-refractivity contribution is 6.30. The molecule has 4 aliphatic carbocycles. The smallest absolute Gasteiger partial charge is 0.226 e. The number of carbonyl (C=O) groups excluding carboxylic acids is 2. The Hall–Kier alpha value is -1.55. The van der Waals surface area contributed by atoms with Crippen molar-refractivity contribution in [3.8, 4) is 0 Å². The summed E-state index contributed by atoms with van der Waals surface area (Å²) < 4.78 is 0. The van der Waals surface area contributed by atoms with Crippen LogP contribution in [0.1, 0.15) is 51.4 Å². The molecule has 4 nitrogen and oxygen atoms in total. The maximum Gasteiger partial charge on any atom is 0.226 e. The summed E-state index contributed by atoms with van der Waals surface area (Å²) in [5, 5.41) is 6.57. The zero-order valence-corrected chi connectivity index (χ0v) is 15.9. The lowest BCUT2D eigenvalue weighted by atomic mass is 9.49. The topological polar surface area (TPSA) is 58.2 Å². The third-order valence-corrected chi connectivity index (χ3v) is 6.73. The highest BCUT2D eigenvalue weighted by atomic mass is 35.5. The van der Waals surface area contributed by atoms with Crippen molar-refractivity contribution in [3.05, 3.63) is 29.3 Å². The Labute approximate surface area is 160 Å². The molecule has 4 saturated carbocycles. The molecule has 4 fully saturated rings. The van der Waals surface area contributed by atoms with Crippen LogP contribution in [-0.2, 0) is 9.59 Å². The Kier molecular flexibility index (Phi) is 4.96. The molecular formula is C21H27ClN2O2. The van der Waals surface area contributed by atoms with Crippen molar-refractivity contribution < 1.29 is 9.59 Å². The lowest BCUT2D eigenvalue weighted by Gasteiger charge is -2.55. The van der Waals surface area contributed by atoms with Crippen molar-refractivity contribution in [2.45, 2.75) is 51.4 Å². The highest BCUT2D eigenvalue weighted by Gasteiger charge is 2.54. The molecule has 5 heteroatoms. The molecule has 4 aliphatic rings. The molecule has 0 atom stereocenters. The van der Waals surface area contributed by atoms with Crippen LogP contribution in [0.4, 0.5) is 5.69 Å². The van der Waals surface area contributed by atoms with Gasteiger partial charge in [-0.3, -0.25) is 9.59 Å². The second-order valence-electron chi connectivity index (χ2n) is 8.62. The van der Waals surface area contributed by atoms with Crippen LogP contribution in [0.25, 0.3) is 0 Å². The van der Waals surface area contributed by atoms with Crippen LogP contribution in [-0.4, -0.2) is 18.4 Å². The van der Waals surface area contributed by atoms with E-state index >= 15 is 0 Å². The Morgan fingerprint density at radius 3 is 2.35 bits per heavy atom. The van der Waals surface area contributed by atoms with Crippen LogP contribution in [0, 0.1) is 23.2 Å². The van der Waals surface area contributed by atoms with E-state index in [4.69, 9.17) is 11.6 Å². The summed E-state index contributed by atoms with van der Waals surface area (Å²) in [6.45, 7) is 0.573. The van der Waals surface area contributed by atoms with Crippen molar-refractivity contribution in [1.29, 1.82) is 0 Å². The second kappa shape index (κ2) is 7.22. The van der Waals surface area contributed by atoms with Gasteiger partial charge in [0.15, 0.2) is 0 Å². The van der Waals surface area contributed by atoms with Crippen LogP contribution in [0.2, 0.25) is 5.02 Å². The van der Waals surface area contributed by atoms with E-state index in [0.29, 0.717) is 30.1 Å². The third kappa shape index (κ3) is 3.75. The summed E-state index contributed by atoms with van der Waals surface area (Å²) in [4.78, 5) is 24.9. The molecule has 0 spiro atoms. The van der Waals surface area contributed by atoms with Gasteiger partial charge in [0.2, 0.25) is 11.8 Å². The van der Waals surface area contributed by atoms with Gasteiger partial charge in [0.1, 0.15) is 0 Å². The van der Waals surface area contributed by atoms with Crippen LogP contribution >= 0.6 is 11.6 Å². The molecule has 1 aromatic rings. The quantitative estimate of drug-likeness (QED) is 0.725. The van der Waals surface area contributed by atoms with Gasteiger partial charge in [-0.15, -0.1) is 0 Å². The van der Waals surface area contributed by atoms with E-state index in [1.165, 1.54) is 19.3 Å². The molecule has 2 N–H and O–H groups in total. The Bertz CT molecular complexity index is 668. The first-order valence-electron chi connectivity index (χ1n) is 9.86. The van der Waals surface area contributed by atoms with E-state index in [-0.39, 0.29) is 17.2 Å². The van der Waals surface area contributed by atoms with Gasteiger partial charge < -0.3 is 10.6 Å².